The van der Waals surface area contributed by atoms with Gasteiger partial charge in [-0.2, -0.15) is 26.3 Å². The third-order valence-corrected chi connectivity index (χ3v) is 5.12. The molecule has 0 heterocycles. The van der Waals surface area contributed by atoms with E-state index in [1.54, 1.807) is 0 Å². The number of alkyl halides is 6. The third-order valence-electron chi connectivity index (χ3n) is 5.12. The van der Waals surface area contributed by atoms with E-state index in [0.29, 0.717) is 23.5 Å². The molecule has 0 spiro atoms. The van der Waals surface area contributed by atoms with Crippen molar-refractivity contribution >= 4 is 11.9 Å². The fourth-order valence-corrected chi connectivity index (χ4v) is 3.29. The normalized spacial score (nSPS) is 17.2. The zero-order chi connectivity index (χ0) is 23.6. The molecule has 0 saturated carbocycles. The van der Waals surface area contributed by atoms with Crippen LogP contribution < -0.4 is 4.99 Å². The molecule has 0 aliphatic heterocycles. The fourth-order valence-electron chi connectivity index (χ4n) is 3.29. The van der Waals surface area contributed by atoms with Gasteiger partial charge in [0.1, 0.15) is 5.76 Å². The van der Waals surface area contributed by atoms with E-state index in [1.165, 1.54) is 6.21 Å². The molecule has 8 heteroatoms. The Hall–Kier alpha value is -2.25. The molecule has 0 fully saturated rings. The van der Waals surface area contributed by atoms with E-state index in [9.17, 15) is 26.3 Å². The molecule has 1 N–H and O–H groups in total. The molecule has 1 unspecified atom stereocenters. The predicted molar refractivity (Wildman–Crippen MR) is 108 cm³/mol. The molecular weight excluding hydrogens is 420 g/mol. The molecule has 1 atom stereocenters. The van der Waals surface area contributed by atoms with E-state index in [2.05, 4.69) is 25.8 Å². The van der Waals surface area contributed by atoms with Crippen LogP contribution in [-0.4, -0.2) is 12.3 Å². The summed E-state index contributed by atoms with van der Waals surface area (Å²) in [6, 6.07) is 1.91. The summed E-state index contributed by atoms with van der Waals surface area (Å²) in [5.41, 5.74) is -1.94. The van der Waals surface area contributed by atoms with Gasteiger partial charge in [-0.05, 0) is 43.2 Å². The van der Waals surface area contributed by atoms with Gasteiger partial charge in [0.25, 0.3) is 0 Å². The lowest BCUT2D eigenvalue weighted by atomic mass is 9.79. The first-order chi connectivity index (χ1) is 14.1. The van der Waals surface area contributed by atoms with Gasteiger partial charge in [0, 0.05) is 12.1 Å². The van der Waals surface area contributed by atoms with E-state index >= 15 is 0 Å². The lowest BCUT2D eigenvalue weighted by Crippen LogP contribution is -2.62. The van der Waals surface area contributed by atoms with Crippen molar-refractivity contribution in [1.82, 2.24) is 0 Å². The van der Waals surface area contributed by atoms with Gasteiger partial charge in [-0.15, -0.1) is 0 Å². The van der Waals surface area contributed by atoms with Crippen molar-refractivity contribution in [3.8, 4) is 0 Å². The molecule has 0 radical (unpaired) electrons. The molecule has 1 aromatic rings. The van der Waals surface area contributed by atoms with Crippen molar-refractivity contribution in [1.29, 1.82) is 0 Å². The minimum atomic E-state index is -5.13. The Morgan fingerprint density at radius 3 is 2.16 bits per heavy atom. The summed E-state index contributed by atoms with van der Waals surface area (Å²) in [5, 5.41) is 0. The van der Waals surface area contributed by atoms with Crippen molar-refractivity contribution in [3.05, 3.63) is 52.3 Å². The van der Waals surface area contributed by atoms with Crippen LogP contribution in [0.15, 0.2) is 41.2 Å². The third kappa shape index (κ3) is 6.37. The summed E-state index contributed by atoms with van der Waals surface area (Å²) < 4.78 is 84.7. The highest BCUT2D eigenvalue weighted by atomic mass is 19.4. The second kappa shape index (κ2) is 9.09. The van der Waals surface area contributed by atoms with Crippen LogP contribution in [0.2, 0.25) is 0 Å². The molecule has 1 aromatic carbocycles. The minimum absolute atomic E-state index is 0.0647. The zero-order valence-corrected chi connectivity index (χ0v) is 18.3. The summed E-state index contributed by atoms with van der Waals surface area (Å²) in [5.74, 6) is 0.670. The molecule has 172 valence electrons. The Morgan fingerprint density at radius 1 is 1.03 bits per heavy atom. The first-order valence-electron chi connectivity index (χ1n) is 10.1. The highest BCUT2D eigenvalue weighted by Gasteiger charge is 2.43. The molecule has 0 bridgehead atoms. The highest BCUT2D eigenvalue weighted by Crippen LogP contribution is 2.41. The molecule has 0 saturated heterocycles. The molecular formula is C23H28F6NO+. The Morgan fingerprint density at radius 2 is 1.65 bits per heavy atom. The van der Waals surface area contributed by atoms with Crippen LogP contribution in [-0.2, 0) is 17.1 Å². The molecule has 2 nitrogen and oxygen atoms in total. The van der Waals surface area contributed by atoms with Gasteiger partial charge >= 0.3 is 12.4 Å². The monoisotopic (exact) mass is 448 g/mol. The molecule has 1 aliphatic rings. The summed E-state index contributed by atoms with van der Waals surface area (Å²) in [4.78, 5) is 2.72. The topological polar surface area (TPSA) is 23.2 Å². The summed E-state index contributed by atoms with van der Waals surface area (Å²) in [7, 11) is 0. The van der Waals surface area contributed by atoms with E-state index in [-0.39, 0.29) is 17.2 Å². The van der Waals surface area contributed by atoms with Crippen LogP contribution in [0.25, 0.3) is 0 Å². The van der Waals surface area contributed by atoms with Gasteiger partial charge in [-0.1, -0.05) is 33.8 Å². The second-order valence-corrected chi connectivity index (χ2v) is 8.64. The number of nitrogens with one attached hydrogen (secondary N) is 1. The van der Waals surface area contributed by atoms with E-state index in [4.69, 9.17) is 4.74 Å². The maximum absolute atomic E-state index is 13.2. The average Bonchev–Trinajstić information content (AvgIpc) is 2.64. The molecule has 1 aliphatic carbocycles. The van der Waals surface area contributed by atoms with Gasteiger partial charge in [-0.3, -0.25) is 0 Å². The summed E-state index contributed by atoms with van der Waals surface area (Å²) in [6.07, 6.45) is -4.59. The predicted octanol–water partition coefficient (Wildman–Crippen LogP) is 6.34. The molecule has 2 rings (SSSR count). The van der Waals surface area contributed by atoms with Crippen molar-refractivity contribution in [2.45, 2.75) is 72.3 Å². The van der Waals surface area contributed by atoms with Gasteiger partial charge < -0.3 is 4.74 Å². The first-order valence-corrected chi connectivity index (χ1v) is 10.1. The Balaban J connectivity index is 2.47. The maximum atomic E-state index is 13.2. The van der Waals surface area contributed by atoms with Crippen molar-refractivity contribution in [2.75, 3.05) is 0 Å². The second-order valence-electron chi connectivity index (χ2n) is 8.64. The van der Waals surface area contributed by atoms with Crippen LogP contribution in [0, 0.1) is 5.41 Å². The van der Waals surface area contributed by atoms with Gasteiger partial charge in [0.2, 0.25) is 5.69 Å². The van der Waals surface area contributed by atoms with Crippen LogP contribution in [0.5, 0.6) is 0 Å². The van der Waals surface area contributed by atoms with Crippen molar-refractivity contribution in [2.24, 2.45) is 5.41 Å². The van der Waals surface area contributed by atoms with Crippen molar-refractivity contribution in [3.63, 3.8) is 0 Å². The Bertz CT molecular complexity index is 885. The first kappa shape index (κ1) is 25.0. The lowest BCUT2D eigenvalue weighted by molar-refractivity contribution is -0.347. The summed E-state index contributed by atoms with van der Waals surface area (Å²) >= 11 is 0. The number of benzene rings is 1. The van der Waals surface area contributed by atoms with E-state index in [1.807, 2.05) is 19.9 Å². The SMILES string of the molecule is CCC(C)OC1=C(C(C)(C)C)CCC=C1C=[NH+]c1ccc(C(F)(F)F)c(C(F)(F)F)c1. The van der Waals surface area contributed by atoms with Gasteiger partial charge in [-0.25, -0.2) is 4.99 Å². The Labute approximate surface area is 178 Å². The highest BCUT2D eigenvalue weighted by molar-refractivity contribution is 5.81. The van der Waals surface area contributed by atoms with Crippen LogP contribution in [0.4, 0.5) is 32.0 Å². The van der Waals surface area contributed by atoms with Gasteiger partial charge in [0.15, 0.2) is 6.21 Å². The Kier molecular flexibility index (Phi) is 7.33. The molecule has 0 amide bonds. The minimum Gasteiger partial charge on any atom is -0.490 e. The van der Waals surface area contributed by atoms with Crippen LogP contribution >= 0.6 is 0 Å². The quantitative estimate of drug-likeness (QED) is 0.412. The largest absolute Gasteiger partial charge is 0.490 e. The maximum Gasteiger partial charge on any atom is 0.417 e. The summed E-state index contributed by atoms with van der Waals surface area (Å²) in [6.45, 7) is 10.1. The smallest absolute Gasteiger partial charge is 0.417 e. The molecule has 0 aromatic heterocycles. The van der Waals surface area contributed by atoms with E-state index < -0.39 is 23.5 Å². The number of halogens is 6. The number of rotatable bonds is 5. The van der Waals surface area contributed by atoms with Gasteiger partial charge in [0.05, 0.1) is 22.8 Å². The van der Waals surface area contributed by atoms with Crippen molar-refractivity contribution < 1.29 is 36.1 Å². The van der Waals surface area contributed by atoms with E-state index in [0.717, 1.165) is 30.9 Å². The zero-order valence-electron chi connectivity index (χ0n) is 18.3. The standard InChI is InChI=1S/C23H27F6NO/c1-6-14(2)31-20-15(8-7-9-18(20)21(3,4)5)13-30-16-10-11-17(22(24,25)26)19(12-16)23(27,28)29/h8,10-14H,6-7,9H2,1-5H3/p+1. The number of ether oxygens (including phenoxy) is 1. The van der Waals surface area contributed by atoms with Crippen LogP contribution in [0.1, 0.15) is 65.0 Å². The molecule has 31 heavy (non-hydrogen) atoms. The fraction of sp³-hybridized carbons (Fsp3) is 0.522. The number of hydrogen-bond acceptors (Lipinski definition) is 1. The average molecular weight is 448 g/mol. The van der Waals surface area contributed by atoms with Crippen LogP contribution in [0.3, 0.4) is 0 Å². The lowest BCUT2D eigenvalue weighted by Gasteiger charge is -2.30. The number of hydrogen-bond donors (Lipinski definition) is 1. The number of allylic oxidation sites excluding steroid dienone is 3.